The van der Waals surface area contributed by atoms with Gasteiger partial charge in [-0.3, -0.25) is 9.71 Å². The summed E-state index contributed by atoms with van der Waals surface area (Å²) in [4.78, 5) is 7.72. The van der Waals surface area contributed by atoms with Crippen molar-refractivity contribution in [2.75, 3.05) is 4.72 Å². The first-order chi connectivity index (χ1) is 15.2. The van der Waals surface area contributed by atoms with Crippen LogP contribution in [0, 0.1) is 0 Å². The third-order valence-electron chi connectivity index (χ3n) is 4.48. The second kappa shape index (κ2) is 8.42. The molecule has 4 aromatic rings. The van der Waals surface area contributed by atoms with Crippen molar-refractivity contribution in [1.29, 1.82) is 0 Å². The fourth-order valence-electron chi connectivity index (χ4n) is 2.93. The van der Waals surface area contributed by atoms with E-state index in [9.17, 15) is 21.6 Å². The van der Waals surface area contributed by atoms with Gasteiger partial charge in [0.15, 0.2) is 0 Å². The van der Waals surface area contributed by atoms with Crippen molar-refractivity contribution in [3.63, 3.8) is 0 Å². The van der Waals surface area contributed by atoms with Crippen LogP contribution in [0.5, 0.6) is 0 Å². The molecule has 0 bridgehead atoms. The monoisotopic (exact) mass is 460 g/mol. The minimum absolute atomic E-state index is 0.110. The van der Waals surface area contributed by atoms with Gasteiger partial charge in [0.1, 0.15) is 0 Å². The number of rotatable bonds is 6. The van der Waals surface area contributed by atoms with Gasteiger partial charge in [-0.05, 0) is 42.0 Å². The number of para-hydroxylation sites is 1. The number of benzene rings is 2. The predicted molar refractivity (Wildman–Crippen MR) is 109 cm³/mol. The molecule has 2 aromatic carbocycles. The van der Waals surface area contributed by atoms with E-state index in [-0.39, 0.29) is 18.0 Å². The van der Waals surface area contributed by atoms with Crippen molar-refractivity contribution < 1.29 is 26.1 Å². The van der Waals surface area contributed by atoms with Crippen LogP contribution in [-0.2, 0) is 22.6 Å². The van der Waals surface area contributed by atoms with E-state index in [1.807, 2.05) is 0 Å². The molecule has 0 saturated carbocycles. The van der Waals surface area contributed by atoms with Crippen LogP contribution in [-0.4, -0.2) is 23.5 Å². The highest BCUT2D eigenvalue weighted by Crippen LogP contribution is 2.31. The number of nitrogens with one attached hydrogen (secondary N) is 1. The molecule has 0 aliphatic rings. The zero-order valence-corrected chi connectivity index (χ0v) is 17.1. The summed E-state index contributed by atoms with van der Waals surface area (Å²) >= 11 is 0. The van der Waals surface area contributed by atoms with Gasteiger partial charge in [-0.2, -0.15) is 18.2 Å². The lowest BCUT2D eigenvalue weighted by Crippen LogP contribution is -2.15. The molecule has 0 aliphatic heterocycles. The summed E-state index contributed by atoms with van der Waals surface area (Å²) in [6.07, 6.45) is -1.38. The number of hydrogen-bond acceptors (Lipinski definition) is 6. The van der Waals surface area contributed by atoms with Crippen molar-refractivity contribution in [2.24, 2.45) is 0 Å². The zero-order chi connectivity index (χ0) is 22.8. The average molecular weight is 460 g/mol. The second-order valence-electron chi connectivity index (χ2n) is 6.71. The maximum atomic E-state index is 13.0. The molecular weight excluding hydrogens is 445 g/mol. The first-order valence-corrected chi connectivity index (χ1v) is 10.7. The number of sulfonamides is 1. The third kappa shape index (κ3) is 4.78. The Hall–Kier alpha value is -3.73. The van der Waals surface area contributed by atoms with Crippen molar-refractivity contribution in [3.8, 4) is 11.4 Å². The third-order valence-corrected chi connectivity index (χ3v) is 5.84. The van der Waals surface area contributed by atoms with E-state index in [0.29, 0.717) is 23.0 Å². The minimum atomic E-state index is -4.66. The lowest BCUT2D eigenvalue weighted by atomic mass is 10.1. The zero-order valence-electron chi connectivity index (χ0n) is 16.2. The Bertz CT molecular complexity index is 1340. The van der Waals surface area contributed by atoms with Crippen LogP contribution in [0.25, 0.3) is 11.4 Å². The van der Waals surface area contributed by atoms with Crippen LogP contribution in [0.15, 0.2) is 82.5 Å². The molecule has 164 valence electrons. The fraction of sp³-hybridized carbons (Fsp3) is 0.0952. The van der Waals surface area contributed by atoms with Gasteiger partial charge in [-0.1, -0.05) is 29.4 Å². The topological polar surface area (TPSA) is 98.0 Å². The van der Waals surface area contributed by atoms with E-state index in [4.69, 9.17) is 4.52 Å². The summed E-state index contributed by atoms with van der Waals surface area (Å²) in [7, 11) is -4.27. The molecule has 0 atom stereocenters. The van der Waals surface area contributed by atoms with Gasteiger partial charge in [-0.25, -0.2) is 8.42 Å². The predicted octanol–water partition coefficient (Wildman–Crippen LogP) is 4.54. The van der Waals surface area contributed by atoms with Gasteiger partial charge in [-0.15, -0.1) is 0 Å². The summed E-state index contributed by atoms with van der Waals surface area (Å²) in [5.74, 6) is 0.590. The van der Waals surface area contributed by atoms with Crippen molar-refractivity contribution in [3.05, 3.63) is 90.1 Å². The van der Waals surface area contributed by atoms with Gasteiger partial charge in [0.05, 0.1) is 22.6 Å². The lowest BCUT2D eigenvalue weighted by Gasteiger charge is -2.13. The molecular formula is C21H15F3N4O3S. The van der Waals surface area contributed by atoms with E-state index >= 15 is 0 Å². The summed E-state index contributed by atoms with van der Waals surface area (Å²) in [5.41, 5.74) is 0.346. The van der Waals surface area contributed by atoms with Gasteiger partial charge in [0.2, 0.25) is 11.7 Å². The van der Waals surface area contributed by atoms with Crippen molar-refractivity contribution in [1.82, 2.24) is 15.1 Å². The molecule has 0 aliphatic carbocycles. The SMILES string of the molecule is O=S(=O)(Nc1ccccc1Cc1nc(-c2ccncc2)no1)c1cccc(C(F)(F)F)c1. The number of anilines is 1. The molecule has 0 spiro atoms. The van der Waals surface area contributed by atoms with Crippen LogP contribution in [0.3, 0.4) is 0 Å². The molecule has 0 radical (unpaired) electrons. The molecule has 0 amide bonds. The molecule has 0 fully saturated rings. The first-order valence-electron chi connectivity index (χ1n) is 9.23. The van der Waals surface area contributed by atoms with E-state index in [1.165, 1.54) is 6.07 Å². The number of nitrogens with zero attached hydrogens (tertiary/aromatic N) is 3. The quantitative estimate of drug-likeness (QED) is 0.454. The smallest absolute Gasteiger partial charge is 0.339 e. The Morgan fingerprint density at radius 1 is 0.969 bits per heavy atom. The maximum Gasteiger partial charge on any atom is 0.416 e. The normalized spacial score (nSPS) is 12.0. The molecule has 0 unspecified atom stereocenters. The molecule has 1 N–H and O–H groups in total. The van der Waals surface area contributed by atoms with E-state index in [2.05, 4.69) is 19.8 Å². The first kappa shape index (κ1) is 21.5. The Balaban J connectivity index is 1.59. The summed E-state index contributed by atoms with van der Waals surface area (Å²) in [6.45, 7) is 0. The molecule has 0 saturated heterocycles. The highest BCUT2D eigenvalue weighted by Gasteiger charge is 2.31. The molecule has 2 heterocycles. The number of halogens is 3. The second-order valence-corrected chi connectivity index (χ2v) is 8.40. The molecule has 7 nitrogen and oxygen atoms in total. The van der Waals surface area contributed by atoms with Gasteiger partial charge < -0.3 is 4.52 Å². The largest absolute Gasteiger partial charge is 0.416 e. The van der Waals surface area contributed by atoms with Gasteiger partial charge in [0, 0.05) is 18.0 Å². The number of aromatic nitrogens is 3. The van der Waals surface area contributed by atoms with Crippen LogP contribution in [0.4, 0.5) is 18.9 Å². The van der Waals surface area contributed by atoms with Crippen molar-refractivity contribution >= 4 is 15.7 Å². The van der Waals surface area contributed by atoms with E-state index < -0.39 is 26.7 Å². The highest BCUT2D eigenvalue weighted by molar-refractivity contribution is 7.92. The van der Waals surface area contributed by atoms with Gasteiger partial charge in [0.25, 0.3) is 10.0 Å². The lowest BCUT2D eigenvalue weighted by molar-refractivity contribution is -0.137. The summed E-state index contributed by atoms with van der Waals surface area (Å²) in [5, 5.41) is 3.91. The number of alkyl halides is 3. The molecule has 11 heteroatoms. The van der Waals surface area contributed by atoms with E-state index in [0.717, 1.165) is 18.2 Å². The Labute approximate surface area is 181 Å². The average Bonchev–Trinajstić information content (AvgIpc) is 3.24. The fourth-order valence-corrected chi connectivity index (χ4v) is 4.07. The molecule has 2 aromatic heterocycles. The summed E-state index contributed by atoms with van der Waals surface area (Å²) < 4.78 is 72.0. The summed E-state index contributed by atoms with van der Waals surface area (Å²) in [6, 6.07) is 13.4. The number of pyridine rings is 1. The highest BCUT2D eigenvalue weighted by atomic mass is 32.2. The Morgan fingerprint density at radius 3 is 2.47 bits per heavy atom. The molecule has 4 rings (SSSR count). The Morgan fingerprint density at radius 2 is 1.72 bits per heavy atom. The standard InChI is InChI=1S/C21H15F3N4O3S/c22-21(23,24)16-5-3-6-17(13-16)32(29,30)28-18-7-2-1-4-15(18)12-19-26-20(27-31-19)14-8-10-25-11-9-14/h1-11,13,28H,12H2. The number of hydrogen-bond donors (Lipinski definition) is 1. The van der Waals surface area contributed by atoms with Gasteiger partial charge >= 0.3 is 6.18 Å². The van der Waals surface area contributed by atoms with Crippen LogP contribution in [0.1, 0.15) is 17.0 Å². The van der Waals surface area contributed by atoms with Crippen molar-refractivity contribution in [2.45, 2.75) is 17.5 Å². The maximum absolute atomic E-state index is 13.0. The minimum Gasteiger partial charge on any atom is -0.339 e. The van der Waals surface area contributed by atoms with E-state index in [1.54, 1.807) is 42.7 Å². The Kier molecular flexibility index (Phi) is 5.66. The van der Waals surface area contributed by atoms with Crippen LogP contribution >= 0.6 is 0 Å². The van der Waals surface area contributed by atoms with Crippen LogP contribution in [0.2, 0.25) is 0 Å². The van der Waals surface area contributed by atoms with Crippen LogP contribution < -0.4 is 4.72 Å². The molecule has 32 heavy (non-hydrogen) atoms.